The first-order valence-electron chi connectivity index (χ1n) is 18.0. The zero-order chi connectivity index (χ0) is 37.1. The maximum absolute atomic E-state index is 11.6. The third-order valence-electron chi connectivity index (χ3n) is 9.68. The molecule has 2 aliphatic rings. The first-order chi connectivity index (χ1) is 24.2. The highest BCUT2D eigenvalue weighted by molar-refractivity contribution is 7.35. The van der Waals surface area contributed by atoms with Crippen molar-refractivity contribution in [1.29, 1.82) is 0 Å². The summed E-state index contributed by atoms with van der Waals surface area (Å²) in [6.07, 6.45) is 2.83. The molecule has 2 saturated heterocycles. The average Bonchev–Trinajstić information content (AvgIpc) is 3.76. The van der Waals surface area contributed by atoms with Crippen molar-refractivity contribution in [3.8, 4) is 0 Å². The Bertz CT molecular complexity index is 1580. The Morgan fingerprint density at radius 3 is 1.24 bits per heavy atom. The molecule has 9 heteroatoms. The standard InChI is InChI=1S/C21H27NO2Si.C16H19ClSi.C5H9NO2/c1-21(2,3)25(18-10-6-4-7-11-18,19-12-8-5-9-13-19)24-16-17-14-15-20(23)22-17;1-16(2,3)18(17,14-10-6-4-7-11-14)15-12-8-5-9-13-15;7-3-4-1-2-5(8)6-4/h4-13,17H,14-16H2,1-3H3,(H,22,23);4-13H,1-3H3;4,7H,1-3H2,(H,6,8)/t17-;;4-/m1.1/s1. The zero-order valence-corrected chi connectivity index (χ0v) is 33.8. The van der Waals surface area contributed by atoms with Crippen molar-refractivity contribution in [2.75, 3.05) is 13.2 Å². The van der Waals surface area contributed by atoms with Gasteiger partial charge >= 0.3 is 0 Å². The van der Waals surface area contributed by atoms with Crippen molar-refractivity contribution in [2.24, 2.45) is 0 Å². The van der Waals surface area contributed by atoms with Gasteiger partial charge in [-0.15, -0.1) is 0 Å². The quantitative estimate of drug-likeness (QED) is 0.156. The molecule has 0 saturated carbocycles. The number of hydrogen-bond donors (Lipinski definition) is 3. The predicted molar refractivity (Wildman–Crippen MR) is 216 cm³/mol. The van der Waals surface area contributed by atoms with Gasteiger partial charge < -0.3 is 20.2 Å². The second kappa shape index (κ2) is 17.8. The van der Waals surface area contributed by atoms with E-state index >= 15 is 0 Å². The molecular formula is C42H55ClN2O4Si2. The van der Waals surface area contributed by atoms with E-state index in [4.69, 9.17) is 20.6 Å². The van der Waals surface area contributed by atoms with Crippen LogP contribution < -0.4 is 31.4 Å². The van der Waals surface area contributed by atoms with Crippen LogP contribution in [0.3, 0.4) is 0 Å². The fourth-order valence-corrected chi connectivity index (χ4v) is 15.7. The molecule has 2 amide bonds. The average molecular weight is 744 g/mol. The first kappa shape index (κ1) is 40.2. The predicted octanol–water partition coefficient (Wildman–Crippen LogP) is 5.88. The Labute approximate surface area is 311 Å². The molecule has 4 aromatic carbocycles. The zero-order valence-electron chi connectivity index (χ0n) is 31.0. The summed E-state index contributed by atoms with van der Waals surface area (Å²) in [4.78, 5) is 21.9. The van der Waals surface area contributed by atoms with Crippen LogP contribution in [0.25, 0.3) is 0 Å². The van der Waals surface area contributed by atoms with Gasteiger partial charge in [0.05, 0.1) is 25.3 Å². The third-order valence-corrected chi connectivity index (χ3v) is 22.0. The van der Waals surface area contributed by atoms with E-state index in [1.165, 1.54) is 20.7 Å². The van der Waals surface area contributed by atoms with E-state index in [9.17, 15) is 9.59 Å². The number of amides is 2. The molecule has 2 atom stereocenters. The molecule has 0 unspecified atom stereocenters. The van der Waals surface area contributed by atoms with E-state index in [2.05, 4.69) is 149 Å². The van der Waals surface area contributed by atoms with Crippen LogP contribution in [-0.2, 0) is 14.0 Å². The Morgan fingerprint density at radius 1 is 0.608 bits per heavy atom. The van der Waals surface area contributed by atoms with Gasteiger partial charge in [-0.1, -0.05) is 163 Å². The topological polar surface area (TPSA) is 87.7 Å². The third kappa shape index (κ3) is 9.87. The van der Waals surface area contributed by atoms with E-state index in [0.717, 1.165) is 12.8 Å². The van der Waals surface area contributed by atoms with Gasteiger partial charge in [-0.25, -0.2) is 0 Å². The molecule has 0 radical (unpaired) electrons. The van der Waals surface area contributed by atoms with Crippen LogP contribution in [0.5, 0.6) is 0 Å². The van der Waals surface area contributed by atoms with E-state index in [0.29, 0.717) is 19.4 Å². The number of aliphatic hydroxyl groups excluding tert-OH is 1. The smallest absolute Gasteiger partial charge is 0.261 e. The summed E-state index contributed by atoms with van der Waals surface area (Å²) in [5, 5.41) is 19.3. The minimum atomic E-state index is -2.49. The van der Waals surface area contributed by atoms with Crippen molar-refractivity contribution < 1.29 is 19.1 Å². The van der Waals surface area contributed by atoms with Gasteiger partial charge in [0.25, 0.3) is 8.32 Å². The highest BCUT2D eigenvalue weighted by Gasteiger charge is 2.50. The van der Waals surface area contributed by atoms with Crippen molar-refractivity contribution in [3.05, 3.63) is 121 Å². The van der Waals surface area contributed by atoms with Gasteiger partial charge in [0, 0.05) is 12.8 Å². The Balaban J connectivity index is 0.000000194. The van der Waals surface area contributed by atoms with E-state index in [1.54, 1.807) is 0 Å². The molecule has 272 valence electrons. The highest BCUT2D eigenvalue weighted by Crippen LogP contribution is 2.39. The molecule has 0 spiro atoms. The molecule has 2 aliphatic heterocycles. The highest BCUT2D eigenvalue weighted by atomic mass is 35.6. The normalized spacial score (nSPS) is 17.7. The first-order valence-corrected chi connectivity index (χ1v) is 22.9. The number of halogens is 1. The molecule has 0 aromatic heterocycles. The van der Waals surface area contributed by atoms with E-state index in [1.807, 2.05) is 24.3 Å². The summed E-state index contributed by atoms with van der Waals surface area (Å²) in [5.74, 6) is 0.195. The minimum Gasteiger partial charge on any atom is -0.405 e. The van der Waals surface area contributed by atoms with E-state index in [-0.39, 0.29) is 40.6 Å². The maximum atomic E-state index is 11.6. The summed E-state index contributed by atoms with van der Waals surface area (Å²) in [6, 6.07) is 42.4. The molecule has 51 heavy (non-hydrogen) atoms. The van der Waals surface area contributed by atoms with Gasteiger partial charge in [0.1, 0.15) is 0 Å². The van der Waals surface area contributed by atoms with Crippen molar-refractivity contribution in [1.82, 2.24) is 10.6 Å². The molecule has 0 bridgehead atoms. The number of rotatable bonds is 8. The van der Waals surface area contributed by atoms with Gasteiger partial charge in [-0.05, 0) is 43.7 Å². The Morgan fingerprint density at radius 2 is 0.961 bits per heavy atom. The van der Waals surface area contributed by atoms with Crippen LogP contribution >= 0.6 is 11.1 Å². The lowest BCUT2D eigenvalue weighted by Crippen LogP contribution is -2.67. The summed E-state index contributed by atoms with van der Waals surface area (Å²) in [6.45, 7) is 14.2. The van der Waals surface area contributed by atoms with Crippen LogP contribution in [0, 0.1) is 0 Å². The number of carbonyl (C=O) groups excluding carboxylic acids is 2. The number of carbonyl (C=O) groups is 2. The van der Waals surface area contributed by atoms with E-state index < -0.39 is 15.7 Å². The van der Waals surface area contributed by atoms with Gasteiger partial charge in [0.2, 0.25) is 19.2 Å². The molecule has 6 rings (SSSR count). The minimum absolute atomic E-state index is 0.0294. The molecule has 3 N–H and O–H groups in total. The van der Waals surface area contributed by atoms with Crippen LogP contribution in [-0.4, -0.2) is 57.9 Å². The molecule has 4 aromatic rings. The van der Waals surface area contributed by atoms with Crippen LogP contribution in [0.2, 0.25) is 10.1 Å². The Hall–Kier alpha value is -3.54. The summed E-state index contributed by atoms with van der Waals surface area (Å²) in [5.41, 5.74) is 0. The maximum Gasteiger partial charge on any atom is 0.261 e. The van der Waals surface area contributed by atoms with Gasteiger partial charge in [0.15, 0.2) is 0 Å². The fourth-order valence-electron chi connectivity index (χ4n) is 6.97. The van der Waals surface area contributed by atoms with Crippen molar-refractivity contribution in [2.45, 2.75) is 89.4 Å². The van der Waals surface area contributed by atoms with Gasteiger partial charge in [-0.2, -0.15) is 11.1 Å². The van der Waals surface area contributed by atoms with Gasteiger partial charge in [-0.3, -0.25) is 9.59 Å². The second-order valence-corrected chi connectivity index (χ2v) is 25.4. The second-order valence-electron chi connectivity index (χ2n) is 15.4. The lowest BCUT2D eigenvalue weighted by molar-refractivity contribution is -0.120. The summed E-state index contributed by atoms with van der Waals surface area (Å²) in [7, 11) is -4.72. The monoisotopic (exact) mass is 742 g/mol. The number of nitrogens with one attached hydrogen (secondary N) is 2. The summed E-state index contributed by atoms with van der Waals surface area (Å²) >= 11 is 7.21. The number of hydrogen-bond acceptors (Lipinski definition) is 4. The SMILES string of the molecule is CC(C)(C)[Si](Cl)(c1ccccc1)c1ccccc1.CC(C)(C)[Si](OC[C@H]1CCC(=O)N1)(c1ccccc1)c1ccccc1.O=C1CC[C@H](CO)N1. The molecule has 2 heterocycles. The van der Waals surface area contributed by atoms with Crippen LogP contribution in [0.15, 0.2) is 121 Å². The lowest BCUT2D eigenvalue weighted by Gasteiger charge is -2.43. The number of benzene rings is 4. The Kier molecular flexibility index (Phi) is 14.0. The molecule has 6 nitrogen and oxygen atoms in total. The molecule has 2 fully saturated rings. The number of aliphatic hydroxyl groups is 1. The molecule has 0 aliphatic carbocycles. The molecular weight excluding hydrogens is 688 g/mol. The van der Waals surface area contributed by atoms with Crippen molar-refractivity contribution >= 4 is 59.3 Å². The fraction of sp³-hybridized carbons (Fsp3) is 0.381. The van der Waals surface area contributed by atoms with Crippen LogP contribution in [0.1, 0.15) is 67.2 Å². The summed E-state index contributed by atoms with van der Waals surface area (Å²) < 4.78 is 6.82. The largest absolute Gasteiger partial charge is 0.405 e. The van der Waals surface area contributed by atoms with Crippen molar-refractivity contribution in [3.63, 3.8) is 0 Å². The van der Waals surface area contributed by atoms with Crippen LogP contribution in [0.4, 0.5) is 0 Å². The lowest BCUT2D eigenvalue weighted by atomic mass is 10.2.